The molecule has 6 heteroatoms. The van der Waals surface area contributed by atoms with E-state index >= 15 is 0 Å². The van der Waals surface area contributed by atoms with Crippen LogP contribution < -0.4 is 4.72 Å². The predicted molar refractivity (Wildman–Crippen MR) is 91.4 cm³/mol. The van der Waals surface area contributed by atoms with Crippen molar-refractivity contribution in [2.75, 3.05) is 0 Å². The van der Waals surface area contributed by atoms with Crippen LogP contribution in [0.4, 0.5) is 0 Å². The van der Waals surface area contributed by atoms with Crippen LogP contribution in [0.1, 0.15) is 22.2 Å². The minimum atomic E-state index is -3.51. The number of sulfonamides is 1. The predicted octanol–water partition coefficient (Wildman–Crippen LogP) is 4.04. The Kier molecular flexibility index (Phi) is 5.24. The third-order valence-corrected chi connectivity index (χ3v) is 6.63. The lowest BCUT2D eigenvalue weighted by atomic mass is 10.2. The van der Waals surface area contributed by atoms with Gasteiger partial charge in [-0.25, -0.2) is 13.1 Å². The molecule has 0 bridgehead atoms. The quantitative estimate of drug-likeness (QED) is 0.841. The molecule has 0 spiro atoms. The van der Waals surface area contributed by atoms with Crippen LogP contribution in [-0.2, 0) is 16.4 Å². The van der Waals surface area contributed by atoms with Gasteiger partial charge < -0.3 is 0 Å². The number of rotatable bonds is 5. The molecule has 1 heterocycles. The summed E-state index contributed by atoms with van der Waals surface area (Å²) in [6.45, 7) is 5.86. The first kappa shape index (κ1) is 16.7. The Morgan fingerprint density at radius 1 is 1.24 bits per heavy atom. The van der Waals surface area contributed by atoms with Crippen LogP contribution >= 0.6 is 27.3 Å². The summed E-state index contributed by atoms with van der Waals surface area (Å²) in [5.74, 6) is 0. The van der Waals surface area contributed by atoms with Gasteiger partial charge in [0.1, 0.15) is 0 Å². The van der Waals surface area contributed by atoms with Gasteiger partial charge >= 0.3 is 0 Å². The lowest BCUT2D eigenvalue weighted by Gasteiger charge is -2.14. The van der Waals surface area contributed by atoms with Crippen LogP contribution in [0.15, 0.2) is 39.7 Å². The highest BCUT2D eigenvalue weighted by Crippen LogP contribution is 2.24. The van der Waals surface area contributed by atoms with E-state index in [1.807, 2.05) is 32.9 Å². The van der Waals surface area contributed by atoms with E-state index in [1.165, 1.54) is 9.75 Å². The van der Waals surface area contributed by atoms with Crippen LogP contribution in [0.25, 0.3) is 0 Å². The van der Waals surface area contributed by atoms with Crippen molar-refractivity contribution in [3.63, 3.8) is 0 Å². The van der Waals surface area contributed by atoms with Crippen molar-refractivity contribution in [3.05, 3.63) is 50.1 Å². The molecule has 2 rings (SSSR count). The van der Waals surface area contributed by atoms with Gasteiger partial charge in [0.15, 0.2) is 0 Å². The van der Waals surface area contributed by atoms with Crippen LogP contribution in [0.2, 0.25) is 0 Å². The smallest absolute Gasteiger partial charge is 0.208 e. The second-order valence-electron chi connectivity index (χ2n) is 5.17. The number of benzene rings is 1. The second-order valence-corrected chi connectivity index (χ2v) is 9.08. The Balaban J connectivity index is 2.13. The van der Waals surface area contributed by atoms with Crippen molar-refractivity contribution in [1.29, 1.82) is 0 Å². The van der Waals surface area contributed by atoms with Crippen molar-refractivity contribution in [3.8, 4) is 0 Å². The monoisotopic (exact) mass is 387 g/mol. The standard InChI is InChI=1S/C15H18BrNO2S2/c1-10-4-7-15(14(16)8-10)21(18,19)17-11(2)9-13-6-5-12(3)20-13/h4-8,11,17H,9H2,1-3H3. The summed E-state index contributed by atoms with van der Waals surface area (Å²) in [6, 6.07) is 9.18. The first-order valence-electron chi connectivity index (χ1n) is 6.62. The molecule has 21 heavy (non-hydrogen) atoms. The summed E-state index contributed by atoms with van der Waals surface area (Å²) in [5, 5.41) is 0. The number of halogens is 1. The normalized spacial score (nSPS) is 13.3. The first-order valence-corrected chi connectivity index (χ1v) is 9.71. The summed E-state index contributed by atoms with van der Waals surface area (Å²) in [4.78, 5) is 2.70. The third kappa shape index (κ3) is 4.39. The molecule has 2 aromatic rings. The van der Waals surface area contributed by atoms with Crippen molar-refractivity contribution in [2.24, 2.45) is 0 Å². The average molecular weight is 388 g/mol. The Bertz CT molecular complexity index is 738. The third-order valence-electron chi connectivity index (χ3n) is 3.04. The number of aryl methyl sites for hydroxylation is 2. The highest BCUT2D eigenvalue weighted by molar-refractivity contribution is 9.10. The molecule has 1 N–H and O–H groups in total. The maximum Gasteiger partial charge on any atom is 0.241 e. The summed E-state index contributed by atoms with van der Waals surface area (Å²) in [6.07, 6.45) is 0.696. The van der Waals surface area contributed by atoms with Crippen molar-refractivity contribution >= 4 is 37.3 Å². The largest absolute Gasteiger partial charge is 0.241 e. The summed E-state index contributed by atoms with van der Waals surface area (Å²) < 4.78 is 28.2. The van der Waals surface area contributed by atoms with E-state index in [4.69, 9.17) is 0 Å². The van der Waals surface area contributed by atoms with Gasteiger partial charge in [-0.1, -0.05) is 6.07 Å². The van der Waals surface area contributed by atoms with Gasteiger partial charge in [-0.15, -0.1) is 11.3 Å². The van der Waals surface area contributed by atoms with E-state index < -0.39 is 10.0 Å². The van der Waals surface area contributed by atoms with E-state index in [9.17, 15) is 8.42 Å². The minimum absolute atomic E-state index is 0.152. The molecule has 1 unspecified atom stereocenters. The Morgan fingerprint density at radius 2 is 1.95 bits per heavy atom. The molecule has 0 fully saturated rings. The van der Waals surface area contributed by atoms with E-state index in [0.29, 0.717) is 10.9 Å². The maximum atomic E-state index is 12.4. The first-order chi connectivity index (χ1) is 9.78. The van der Waals surface area contributed by atoms with E-state index in [0.717, 1.165) is 5.56 Å². The van der Waals surface area contributed by atoms with Gasteiger partial charge in [0.2, 0.25) is 10.0 Å². The van der Waals surface area contributed by atoms with E-state index in [-0.39, 0.29) is 10.9 Å². The molecule has 0 aliphatic carbocycles. The van der Waals surface area contributed by atoms with E-state index in [2.05, 4.69) is 26.7 Å². The summed E-state index contributed by atoms with van der Waals surface area (Å²) >= 11 is 5.02. The molecule has 3 nitrogen and oxygen atoms in total. The summed E-state index contributed by atoms with van der Waals surface area (Å²) in [7, 11) is -3.51. The van der Waals surface area contributed by atoms with Crippen molar-refractivity contribution in [1.82, 2.24) is 4.72 Å². The zero-order valence-electron chi connectivity index (χ0n) is 12.2. The number of hydrogen-bond acceptors (Lipinski definition) is 3. The minimum Gasteiger partial charge on any atom is -0.208 e. The number of thiophene rings is 1. The van der Waals surface area contributed by atoms with Gasteiger partial charge in [0, 0.05) is 20.3 Å². The van der Waals surface area contributed by atoms with E-state index in [1.54, 1.807) is 23.5 Å². The number of hydrogen-bond donors (Lipinski definition) is 1. The molecular formula is C15H18BrNO2S2. The molecule has 1 atom stereocenters. The molecule has 0 radical (unpaired) electrons. The van der Waals surface area contributed by atoms with Crippen molar-refractivity contribution in [2.45, 2.75) is 38.1 Å². The molecule has 114 valence electrons. The van der Waals surface area contributed by atoms with Crippen molar-refractivity contribution < 1.29 is 8.42 Å². The topological polar surface area (TPSA) is 46.2 Å². The molecule has 0 saturated heterocycles. The fourth-order valence-electron chi connectivity index (χ4n) is 2.09. The highest BCUT2D eigenvalue weighted by Gasteiger charge is 2.20. The zero-order chi connectivity index (χ0) is 15.6. The van der Waals surface area contributed by atoms with Gasteiger partial charge in [0.05, 0.1) is 4.90 Å². The lowest BCUT2D eigenvalue weighted by molar-refractivity contribution is 0.560. The molecular weight excluding hydrogens is 370 g/mol. The molecule has 1 aromatic carbocycles. The average Bonchev–Trinajstić information content (AvgIpc) is 2.72. The van der Waals surface area contributed by atoms with Crippen LogP contribution in [0.3, 0.4) is 0 Å². The highest BCUT2D eigenvalue weighted by atomic mass is 79.9. The van der Waals surface area contributed by atoms with Crippen LogP contribution in [-0.4, -0.2) is 14.5 Å². The molecule has 1 aromatic heterocycles. The van der Waals surface area contributed by atoms with Gasteiger partial charge in [-0.05, 0) is 73.0 Å². The SMILES string of the molecule is Cc1ccc(S(=O)(=O)NC(C)Cc2ccc(C)s2)c(Br)c1. The lowest BCUT2D eigenvalue weighted by Crippen LogP contribution is -2.34. The van der Waals surface area contributed by atoms with Gasteiger partial charge in [0.25, 0.3) is 0 Å². The van der Waals surface area contributed by atoms with Gasteiger partial charge in [-0.3, -0.25) is 0 Å². The molecule has 0 saturated carbocycles. The Hall–Kier alpha value is -0.690. The fraction of sp³-hybridized carbons (Fsp3) is 0.333. The molecule has 0 aliphatic heterocycles. The zero-order valence-corrected chi connectivity index (χ0v) is 15.4. The molecule has 0 amide bonds. The summed E-state index contributed by atoms with van der Waals surface area (Å²) in [5.41, 5.74) is 1.02. The molecule has 0 aliphatic rings. The number of nitrogens with one attached hydrogen (secondary N) is 1. The second kappa shape index (κ2) is 6.60. The Morgan fingerprint density at radius 3 is 2.52 bits per heavy atom. The fourth-order valence-corrected chi connectivity index (χ4v) is 5.54. The van der Waals surface area contributed by atoms with Crippen LogP contribution in [0, 0.1) is 13.8 Å². The van der Waals surface area contributed by atoms with Gasteiger partial charge in [-0.2, -0.15) is 0 Å². The van der Waals surface area contributed by atoms with Crippen LogP contribution in [0.5, 0.6) is 0 Å². The Labute approximate surface area is 138 Å². The maximum absolute atomic E-state index is 12.4.